The molecule has 0 radical (unpaired) electrons. The molecule has 1 saturated heterocycles. The van der Waals surface area contributed by atoms with Crippen molar-refractivity contribution >= 4 is 29.8 Å². The lowest BCUT2D eigenvalue weighted by Gasteiger charge is -2.29. The van der Waals surface area contributed by atoms with Crippen molar-refractivity contribution in [3.8, 4) is 11.8 Å². The molecule has 2 aromatic carbocycles. The summed E-state index contributed by atoms with van der Waals surface area (Å²) in [6, 6.07) is 13.9. The van der Waals surface area contributed by atoms with Crippen molar-refractivity contribution in [2.45, 2.75) is 38.9 Å². The monoisotopic (exact) mass is 457 g/mol. The van der Waals surface area contributed by atoms with Gasteiger partial charge >= 0.3 is 11.9 Å². The van der Waals surface area contributed by atoms with Gasteiger partial charge in [-0.3, -0.25) is 14.5 Å². The van der Waals surface area contributed by atoms with Gasteiger partial charge < -0.3 is 9.47 Å². The second-order valence-electron chi connectivity index (χ2n) is 8.43. The molecule has 1 fully saturated rings. The van der Waals surface area contributed by atoms with E-state index in [4.69, 9.17) is 9.47 Å². The van der Waals surface area contributed by atoms with Crippen molar-refractivity contribution in [2.24, 2.45) is 0 Å². The summed E-state index contributed by atoms with van der Waals surface area (Å²) < 4.78 is 10.2. The zero-order valence-electron chi connectivity index (χ0n) is 18.9. The maximum Gasteiger partial charge on any atom is 0.348 e. The lowest BCUT2D eigenvalue weighted by atomic mass is 10.1. The summed E-state index contributed by atoms with van der Waals surface area (Å²) in [6.45, 7) is 3.37. The van der Waals surface area contributed by atoms with Crippen LogP contribution in [0.25, 0.3) is 6.08 Å². The van der Waals surface area contributed by atoms with E-state index >= 15 is 0 Å². The van der Waals surface area contributed by atoms with Crippen molar-refractivity contribution in [1.82, 2.24) is 4.90 Å². The number of carbonyl (C=O) groups is 4. The second kappa shape index (κ2) is 9.36. The van der Waals surface area contributed by atoms with Crippen molar-refractivity contribution in [3.05, 3.63) is 76.4 Å². The van der Waals surface area contributed by atoms with Crippen molar-refractivity contribution in [2.75, 3.05) is 6.54 Å². The molecule has 4 rings (SSSR count). The SMILES string of the molecule is CC1(C)OC(=O)C(=Cc2ccc(C#CCCCCN3C(=O)c4ccccc4C3=O)cc2)C(=O)O1. The van der Waals surface area contributed by atoms with Crippen LogP contribution in [0.1, 0.15) is 65.0 Å². The predicted molar refractivity (Wildman–Crippen MR) is 123 cm³/mol. The molecule has 172 valence electrons. The summed E-state index contributed by atoms with van der Waals surface area (Å²) >= 11 is 0. The van der Waals surface area contributed by atoms with E-state index < -0.39 is 17.7 Å². The van der Waals surface area contributed by atoms with E-state index in [0.29, 0.717) is 36.1 Å². The fourth-order valence-corrected chi connectivity index (χ4v) is 3.70. The van der Waals surface area contributed by atoms with Crippen LogP contribution in [0, 0.1) is 11.8 Å². The van der Waals surface area contributed by atoms with Crippen molar-refractivity contribution in [3.63, 3.8) is 0 Å². The van der Waals surface area contributed by atoms with Gasteiger partial charge in [0.15, 0.2) is 0 Å². The van der Waals surface area contributed by atoms with Crippen LogP contribution in [0.5, 0.6) is 0 Å². The molecular formula is C27H23NO6. The number of nitrogens with zero attached hydrogens (tertiary/aromatic N) is 1. The fourth-order valence-electron chi connectivity index (χ4n) is 3.70. The minimum absolute atomic E-state index is 0.156. The Hall–Kier alpha value is -4.18. The fraction of sp³-hybridized carbons (Fsp3) is 0.259. The van der Waals surface area contributed by atoms with E-state index in [1.54, 1.807) is 48.5 Å². The van der Waals surface area contributed by atoms with E-state index in [2.05, 4.69) is 11.8 Å². The summed E-state index contributed by atoms with van der Waals surface area (Å²) in [5.41, 5.74) is 2.21. The third-order valence-electron chi connectivity index (χ3n) is 5.38. The zero-order valence-corrected chi connectivity index (χ0v) is 18.9. The van der Waals surface area contributed by atoms with E-state index in [0.717, 1.165) is 12.0 Å². The molecule has 2 aliphatic rings. The Labute approximate surface area is 197 Å². The summed E-state index contributed by atoms with van der Waals surface area (Å²) in [6.07, 6.45) is 3.49. The first-order valence-electron chi connectivity index (χ1n) is 11.0. The third kappa shape index (κ3) is 4.91. The molecule has 2 heterocycles. The van der Waals surface area contributed by atoms with Gasteiger partial charge in [-0.1, -0.05) is 36.1 Å². The van der Waals surface area contributed by atoms with Gasteiger partial charge in [0.2, 0.25) is 0 Å². The Bertz CT molecular complexity index is 1200. The maximum absolute atomic E-state index is 12.4. The topological polar surface area (TPSA) is 90.0 Å². The van der Waals surface area contributed by atoms with Crippen LogP contribution in [0.3, 0.4) is 0 Å². The number of imide groups is 1. The van der Waals surface area contributed by atoms with Crippen molar-refractivity contribution in [1.29, 1.82) is 0 Å². The number of hydrogen-bond acceptors (Lipinski definition) is 6. The summed E-state index contributed by atoms with van der Waals surface area (Å²) in [5, 5.41) is 0. The number of esters is 2. The zero-order chi connectivity index (χ0) is 24.3. The average molecular weight is 457 g/mol. The highest BCUT2D eigenvalue weighted by atomic mass is 16.7. The van der Waals surface area contributed by atoms with E-state index in [1.807, 2.05) is 0 Å². The Morgan fingerprint density at radius 2 is 1.44 bits per heavy atom. The quantitative estimate of drug-likeness (QED) is 0.170. The number of amides is 2. The molecule has 2 aromatic rings. The number of ether oxygens (including phenoxy) is 2. The molecular weight excluding hydrogens is 434 g/mol. The molecule has 0 spiro atoms. The molecule has 2 aliphatic heterocycles. The number of carbonyl (C=O) groups excluding carboxylic acids is 4. The summed E-state index contributed by atoms with van der Waals surface area (Å²) in [5.74, 6) is 2.98. The van der Waals surface area contributed by atoms with Crippen LogP contribution < -0.4 is 0 Å². The standard InChI is InChI=1S/C27H23NO6/c1-27(2)33-25(31)22(26(32)34-27)17-19-14-12-18(13-15-19)9-5-3-4-8-16-28-23(29)20-10-6-7-11-21(20)24(28)30/h6-7,10-15,17H,3-4,8,16H2,1-2H3. The number of unbranched alkanes of at least 4 members (excludes halogenated alkanes) is 2. The largest absolute Gasteiger partial charge is 0.419 e. The molecule has 0 unspecified atom stereocenters. The number of fused-ring (bicyclic) bond motifs is 1. The highest BCUT2D eigenvalue weighted by Crippen LogP contribution is 2.24. The lowest BCUT2D eigenvalue weighted by molar-refractivity contribution is -0.222. The van der Waals surface area contributed by atoms with E-state index in [1.165, 1.54) is 24.8 Å². The number of cyclic esters (lactones) is 2. The van der Waals surface area contributed by atoms with E-state index in [-0.39, 0.29) is 17.4 Å². The minimum Gasteiger partial charge on any atom is -0.419 e. The summed E-state index contributed by atoms with van der Waals surface area (Å²) in [7, 11) is 0. The molecule has 0 saturated carbocycles. The van der Waals surface area contributed by atoms with Gasteiger partial charge in [0.1, 0.15) is 5.57 Å². The summed E-state index contributed by atoms with van der Waals surface area (Å²) in [4.78, 5) is 50.1. The van der Waals surface area contributed by atoms with Crippen molar-refractivity contribution < 1.29 is 28.7 Å². The normalized spacial score (nSPS) is 16.4. The van der Waals surface area contributed by atoms with Gasteiger partial charge in [-0.15, -0.1) is 0 Å². The molecule has 7 nitrogen and oxygen atoms in total. The van der Waals surface area contributed by atoms with E-state index in [9.17, 15) is 19.2 Å². The first-order chi connectivity index (χ1) is 16.2. The first-order valence-corrected chi connectivity index (χ1v) is 11.0. The third-order valence-corrected chi connectivity index (χ3v) is 5.38. The Kier molecular flexibility index (Phi) is 6.33. The maximum atomic E-state index is 12.4. The molecule has 34 heavy (non-hydrogen) atoms. The molecule has 0 aliphatic carbocycles. The molecule has 0 atom stereocenters. The van der Waals surface area contributed by atoms with Gasteiger partial charge in [-0.2, -0.15) is 0 Å². The molecule has 0 bridgehead atoms. The molecule has 0 N–H and O–H groups in total. The lowest BCUT2D eigenvalue weighted by Crippen LogP contribution is -2.41. The minimum atomic E-state index is -1.27. The Morgan fingerprint density at radius 1 is 0.853 bits per heavy atom. The van der Waals surface area contributed by atoms with Gasteiger partial charge in [-0.05, 0) is 48.7 Å². The van der Waals surface area contributed by atoms with Crippen LogP contribution in [-0.2, 0) is 19.1 Å². The van der Waals surface area contributed by atoms with Crippen LogP contribution in [0.2, 0.25) is 0 Å². The molecule has 2 amide bonds. The number of hydrogen-bond donors (Lipinski definition) is 0. The highest BCUT2D eigenvalue weighted by molar-refractivity contribution is 6.21. The average Bonchev–Trinajstić information content (AvgIpc) is 3.04. The molecule has 0 aromatic heterocycles. The Balaban J connectivity index is 1.26. The first kappa shape index (κ1) is 23.0. The van der Waals surface area contributed by atoms with Gasteiger partial charge in [0.05, 0.1) is 11.1 Å². The van der Waals surface area contributed by atoms with Crippen LogP contribution in [0.4, 0.5) is 0 Å². The van der Waals surface area contributed by atoms with Crippen LogP contribution in [-0.4, -0.2) is 41.0 Å². The van der Waals surface area contributed by atoms with Gasteiger partial charge in [0, 0.05) is 32.4 Å². The smallest absolute Gasteiger partial charge is 0.348 e. The number of rotatable bonds is 5. The van der Waals surface area contributed by atoms with Gasteiger partial charge in [0.25, 0.3) is 17.6 Å². The van der Waals surface area contributed by atoms with Crippen LogP contribution in [0.15, 0.2) is 54.1 Å². The predicted octanol–water partition coefficient (Wildman–Crippen LogP) is 3.72. The molecule has 7 heteroatoms. The van der Waals surface area contributed by atoms with Gasteiger partial charge in [-0.25, -0.2) is 9.59 Å². The van der Waals surface area contributed by atoms with Crippen LogP contribution >= 0.6 is 0 Å². The number of benzene rings is 2. The Morgan fingerprint density at radius 3 is 2.03 bits per heavy atom. The second-order valence-corrected chi connectivity index (χ2v) is 8.43. The highest BCUT2D eigenvalue weighted by Gasteiger charge is 2.38.